The summed E-state index contributed by atoms with van der Waals surface area (Å²) in [7, 11) is 0. The molecule has 0 saturated carbocycles. The Kier molecular flexibility index (Phi) is 3.44. The normalized spacial score (nSPS) is 23.1. The fourth-order valence-electron chi connectivity index (χ4n) is 2.84. The van der Waals surface area contributed by atoms with Gasteiger partial charge in [-0.1, -0.05) is 48.5 Å². The standard InChI is InChI=1S/C18H17N3O2/c19-17-18(22)21(10-13-11-23-13)15-9-5-4-8-14(15)16(20-17)12-6-2-1-3-7-12/h1-9,13,17H,10-11,19H2. The van der Waals surface area contributed by atoms with Crippen LogP contribution in [-0.2, 0) is 9.53 Å². The highest BCUT2D eigenvalue weighted by molar-refractivity contribution is 6.20. The molecular formula is C18H17N3O2. The number of epoxide rings is 1. The van der Waals surface area contributed by atoms with E-state index in [-0.39, 0.29) is 12.0 Å². The summed E-state index contributed by atoms with van der Waals surface area (Å²) in [5.41, 5.74) is 9.51. The molecule has 0 spiro atoms. The molecule has 1 saturated heterocycles. The first-order chi connectivity index (χ1) is 11.2. The second kappa shape index (κ2) is 5.61. The number of carbonyl (C=O) groups is 1. The van der Waals surface area contributed by atoms with E-state index in [0.717, 1.165) is 22.5 Å². The first-order valence-electron chi connectivity index (χ1n) is 7.65. The predicted molar refractivity (Wildman–Crippen MR) is 88.6 cm³/mol. The van der Waals surface area contributed by atoms with Gasteiger partial charge in [0.25, 0.3) is 5.91 Å². The Morgan fingerprint density at radius 3 is 2.57 bits per heavy atom. The van der Waals surface area contributed by atoms with Crippen LogP contribution in [0.2, 0.25) is 0 Å². The Morgan fingerprint density at radius 1 is 1.13 bits per heavy atom. The molecule has 116 valence electrons. The van der Waals surface area contributed by atoms with E-state index in [9.17, 15) is 4.79 Å². The zero-order valence-electron chi connectivity index (χ0n) is 12.6. The largest absolute Gasteiger partial charge is 0.371 e. The summed E-state index contributed by atoms with van der Waals surface area (Å²) in [5.74, 6) is -0.195. The number of para-hydroxylation sites is 1. The zero-order chi connectivity index (χ0) is 15.8. The average molecular weight is 307 g/mol. The number of rotatable bonds is 3. The lowest BCUT2D eigenvalue weighted by Gasteiger charge is -2.23. The maximum atomic E-state index is 12.7. The molecule has 2 aromatic rings. The minimum Gasteiger partial charge on any atom is -0.371 e. The van der Waals surface area contributed by atoms with Crippen LogP contribution in [-0.4, -0.2) is 37.0 Å². The second-order valence-electron chi connectivity index (χ2n) is 5.71. The summed E-state index contributed by atoms with van der Waals surface area (Å²) < 4.78 is 5.29. The molecule has 1 fully saturated rings. The van der Waals surface area contributed by atoms with Crippen molar-refractivity contribution in [2.75, 3.05) is 18.1 Å². The molecule has 2 aliphatic heterocycles. The molecule has 5 nitrogen and oxygen atoms in total. The van der Waals surface area contributed by atoms with Crippen LogP contribution in [0.1, 0.15) is 11.1 Å². The van der Waals surface area contributed by atoms with Gasteiger partial charge in [0.2, 0.25) is 0 Å². The third-order valence-corrected chi connectivity index (χ3v) is 4.07. The van der Waals surface area contributed by atoms with E-state index >= 15 is 0 Å². The quantitative estimate of drug-likeness (QED) is 0.875. The van der Waals surface area contributed by atoms with Gasteiger partial charge in [-0.05, 0) is 6.07 Å². The Labute approximate surface area is 134 Å². The summed E-state index contributed by atoms with van der Waals surface area (Å²) >= 11 is 0. The maximum Gasteiger partial charge on any atom is 0.266 e. The molecule has 5 heteroatoms. The lowest BCUT2D eigenvalue weighted by atomic mass is 10.0. The van der Waals surface area contributed by atoms with Gasteiger partial charge >= 0.3 is 0 Å². The number of amides is 1. The van der Waals surface area contributed by atoms with Crippen molar-refractivity contribution < 1.29 is 9.53 Å². The van der Waals surface area contributed by atoms with Gasteiger partial charge in [-0.25, -0.2) is 0 Å². The van der Waals surface area contributed by atoms with Gasteiger partial charge in [0.15, 0.2) is 6.17 Å². The van der Waals surface area contributed by atoms with Gasteiger partial charge in [-0.3, -0.25) is 9.79 Å². The number of benzodiazepines with no additional fused rings is 1. The maximum absolute atomic E-state index is 12.7. The summed E-state index contributed by atoms with van der Waals surface area (Å²) in [4.78, 5) is 18.9. The van der Waals surface area contributed by atoms with Crippen molar-refractivity contribution >= 4 is 17.3 Å². The van der Waals surface area contributed by atoms with Crippen LogP contribution in [0.15, 0.2) is 59.6 Å². The number of aliphatic imine (C=N–C) groups is 1. The van der Waals surface area contributed by atoms with E-state index in [1.165, 1.54) is 0 Å². The fourth-order valence-corrected chi connectivity index (χ4v) is 2.84. The van der Waals surface area contributed by atoms with Crippen molar-refractivity contribution in [3.05, 3.63) is 65.7 Å². The van der Waals surface area contributed by atoms with Gasteiger partial charge in [0.05, 0.1) is 30.7 Å². The van der Waals surface area contributed by atoms with E-state index in [0.29, 0.717) is 13.2 Å². The van der Waals surface area contributed by atoms with Crippen LogP contribution in [0, 0.1) is 0 Å². The number of anilines is 1. The van der Waals surface area contributed by atoms with Gasteiger partial charge < -0.3 is 15.4 Å². The molecule has 2 aromatic carbocycles. The van der Waals surface area contributed by atoms with Crippen LogP contribution in [0.5, 0.6) is 0 Å². The minimum absolute atomic E-state index is 0.0949. The number of hydrogen-bond acceptors (Lipinski definition) is 4. The molecule has 23 heavy (non-hydrogen) atoms. The van der Waals surface area contributed by atoms with E-state index < -0.39 is 6.17 Å². The van der Waals surface area contributed by atoms with E-state index in [2.05, 4.69) is 4.99 Å². The summed E-state index contributed by atoms with van der Waals surface area (Å²) in [6.45, 7) is 1.20. The number of nitrogens with two attached hydrogens (primary N) is 1. The molecule has 0 aromatic heterocycles. The number of carbonyl (C=O) groups excluding carboxylic acids is 1. The molecule has 2 aliphatic rings. The molecule has 1 amide bonds. The number of hydrogen-bond donors (Lipinski definition) is 1. The molecule has 0 aliphatic carbocycles. The average Bonchev–Trinajstić information content (AvgIpc) is 3.42. The van der Waals surface area contributed by atoms with Gasteiger partial charge in [-0.15, -0.1) is 0 Å². The SMILES string of the molecule is NC1N=C(c2ccccc2)c2ccccc2N(CC2CO2)C1=O. The number of benzene rings is 2. The lowest BCUT2D eigenvalue weighted by molar-refractivity contribution is -0.119. The number of fused-ring (bicyclic) bond motifs is 1. The number of ether oxygens (including phenoxy) is 1. The number of nitrogens with zero attached hydrogens (tertiary/aromatic N) is 2. The molecule has 2 atom stereocenters. The molecule has 2 N–H and O–H groups in total. The highest BCUT2D eigenvalue weighted by Crippen LogP contribution is 2.29. The van der Waals surface area contributed by atoms with Crippen molar-refractivity contribution in [3.63, 3.8) is 0 Å². The highest BCUT2D eigenvalue weighted by atomic mass is 16.6. The van der Waals surface area contributed by atoms with Gasteiger partial charge in [-0.2, -0.15) is 0 Å². The molecule has 0 radical (unpaired) electrons. The third-order valence-electron chi connectivity index (χ3n) is 4.07. The Bertz CT molecular complexity index is 769. The first-order valence-corrected chi connectivity index (χ1v) is 7.65. The highest BCUT2D eigenvalue weighted by Gasteiger charge is 2.34. The Hall–Kier alpha value is -2.50. The molecule has 0 bridgehead atoms. The van der Waals surface area contributed by atoms with Gasteiger partial charge in [0, 0.05) is 11.1 Å². The van der Waals surface area contributed by atoms with Crippen LogP contribution >= 0.6 is 0 Å². The van der Waals surface area contributed by atoms with Gasteiger partial charge in [0.1, 0.15) is 0 Å². The molecule has 2 unspecified atom stereocenters. The van der Waals surface area contributed by atoms with E-state index in [1.54, 1.807) is 4.90 Å². The fraction of sp³-hybridized carbons (Fsp3) is 0.222. The third kappa shape index (κ3) is 2.65. The molecule has 4 rings (SSSR count). The first kappa shape index (κ1) is 14.1. The zero-order valence-corrected chi connectivity index (χ0v) is 12.6. The molecular weight excluding hydrogens is 290 g/mol. The van der Waals surface area contributed by atoms with Crippen molar-refractivity contribution in [1.29, 1.82) is 0 Å². The smallest absolute Gasteiger partial charge is 0.266 e. The van der Waals surface area contributed by atoms with E-state index in [1.807, 2.05) is 54.6 Å². The van der Waals surface area contributed by atoms with Crippen LogP contribution < -0.4 is 10.6 Å². The summed E-state index contributed by atoms with van der Waals surface area (Å²) in [6.07, 6.45) is -0.811. The monoisotopic (exact) mass is 307 g/mol. The molecule has 2 heterocycles. The minimum atomic E-state index is -0.906. The lowest BCUT2D eigenvalue weighted by Crippen LogP contribution is -2.44. The van der Waals surface area contributed by atoms with Crippen molar-refractivity contribution in [3.8, 4) is 0 Å². The van der Waals surface area contributed by atoms with Crippen molar-refractivity contribution in [2.24, 2.45) is 10.7 Å². The van der Waals surface area contributed by atoms with Crippen molar-refractivity contribution in [1.82, 2.24) is 0 Å². The van der Waals surface area contributed by atoms with Crippen molar-refractivity contribution in [2.45, 2.75) is 12.3 Å². The Morgan fingerprint density at radius 2 is 1.83 bits per heavy atom. The predicted octanol–water partition coefficient (Wildman–Crippen LogP) is 1.55. The van der Waals surface area contributed by atoms with E-state index in [4.69, 9.17) is 10.5 Å². The van der Waals surface area contributed by atoms with Crippen LogP contribution in [0.25, 0.3) is 0 Å². The second-order valence-corrected chi connectivity index (χ2v) is 5.71. The Balaban J connectivity index is 1.86. The summed E-state index contributed by atoms with van der Waals surface area (Å²) in [5, 5.41) is 0. The van der Waals surface area contributed by atoms with Crippen LogP contribution in [0.4, 0.5) is 5.69 Å². The van der Waals surface area contributed by atoms with Crippen LogP contribution in [0.3, 0.4) is 0 Å². The summed E-state index contributed by atoms with van der Waals surface area (Å²) in [6, 6.07) is 17.6. The topological polar surface area (TPSA) is 71.2 Å².